The molecule has 0 atom stereocenters. The second-order valence-electron chi connectivity index (χ2n) is 4.73. The maximum absolute atomic E-state index is 2.54. The van der Waals surface area contributed by atoms with E-state index in [2.05, 4.69) is 30.0 Å². The summed E-state index contributed by atoms with van der Waals surface area (Å²) in [6.07, 6.45) is 19.3. The van der Waals surface area contributed by atoms with Crippen molar-refractivity contribution < 1.29 is 0 Å². The molecule has 0 amide bonds. The normalized spacial score (nSPS) is 27.8. The van der Waals surface area contributed by atoms with Gasteiger partial charge >= 0.3 is 0 Å². The molecule has 0 radical (unpaired) electrons. The van der Waals surface area contributed by atoms with Crippen molar-refractivity contribution in [2.45, 2.75) is 51.0 Å². The maximum Gasteiger partial charge on any atom is 0.0200 e. The molecule has 16 heavy (non-hydrogen) atoms. The van der Waals surface area contributed by atoms with Crippen LogP contribution in [0.25, 0.3) is 0 Å². The largest absolute Gasteiger partial charge is 0.0894 e. The molecular weight excluding hydrogens is 224 g/mol. The highest BCUT2D eigenvalue weighted by Gasteiger charge is 2.07. The van der Waals surface area contributed by atoms with Gasteiger partial charge in [-0.3, -0.25) is 0 Å². The van der Waals surface area contributed by atoms with Gasteiger partial charge in [-0.25, -0.2) is 0 Å². The summed E-state index contributed by atoms with van der Waals surface area (Å²) in [7, 11) is 0.479. The average Bonchev–Trinajstić information content (AvgIpc) is 2.18. The number of hydrogen-bond acceptors (Lipinski definition) is 0. The quantitative estimate of drug-likeness (QED) is 0.619. The average molecular weight is 247 g/mol. The lowest BCUT2D eigenvalue weighted by molar-refractivity contribution is 0.749. The lowest BCUT2D eigenvalue weighted by atomic mass is 10.1. The first-order valence-corrected chi connectivity index (χ1v) is 10.9. The Morgan fingerprint density at radius 2 is 1.88 bits per heavy atom. The molecule has 0 bridgehead atoms. The van der Waals surface area contributed by atoms with Gasteiger partial charge in [-0.1, -0.05) is 41.6 Å². The summed E-state index contributed by atoms with van der Waals surface area (Å²) in [6, 6.07) is 1.55. The van der Waals surface area contributed by atoms with Gasteiger partial charge in [0.1, 0.15) is 0 Å². The van der Waals surface area contributed by atoms with Gasteiger partial charge in [0, 0.05) is 16.5 Å². The number of rotatable bonds is 1. The van der Waals surface area contributed by atoms with Crippen LogP contribution >= 0.6 is 0 Å². The van der Waals surface area contributed by atoms with Crippen molar-refractivity contribution in [2.24, 2.45) is 0 Å². The zero-order chi connectivity index (χ0) is 11.1. The number of allylic oxidation sites excluding steroid dienone is 5. The van der Waals surface area contributed by atoms with Gasteiger partial charge in [0.15, 0.2) is 0 Å². The monoisotopic (exact) mass is 246 g/mol. The first-order chi connectivity index (χ1) is 7.97. The molecule has 0 aromatic rings. The van der Waals surface area contributed by atoms with Crippen LogP contribution in [-0.2, 0) is 0 Å². The van der Waals surface area contributed by atoms with Crippen molar-refractivity contribution in [3.8, 4) is 0 Å². The SMILES string of the molecule is C1=CCCCCC(/[Si]2=[SiH]/C=C\CCCC2)=C1. The predicted octanol–water partition coefficient (Wildman–Crippen LogP) is 3.71. The highest BCUT2D eigenvalue weighted by molar-refractivity contribution is 6.92. The van der Waals surface area contributed by atoms with Crippen LogP contribution in [0.2, 0.25) is 6.04 Å². The van der Waals surface area contributed by atoms with Crippen LogP contribution in [0.3, 0.4) is 0 Å². The molecule has 0 aromatic heterocycles. The molecular formula is C14H22Si2. The molecule has 1 aliphatic heterocycles. The minimum Gasteiger partial charge on any atom is -0.0894 e. The molecule has 0 nitrogen and oxygen atoms in total. The van der Waals surface area contributed by atoms with E-state index in [9.17, 15) is 0 Å². The molecule has 86 valence electrons. The van der Waals surface area contributed by atoms with Crippen LogP contribution < -0.4 is 0 Å². The fraction of sp³-hybridized carbons (Fsp3) is 0.571. The van der Waals surface area contributed by atoms with Gasteiger partial charge in [-0.15, -0.1) is 0 Å². The zero-order valence-corrected chi connectivity index (χ0v) is 12.3. The van der Waals surface area contributed by atoms with Gasteiger partial charge in [0.2, 0.25) is 0 Å². The molecule has 1 aliphatic carbocycles. The van der Waals surface area contributed by atoms with Gasteiger partial charge in [0.05, 0.1) is 0 Å². The summed E-state index contributed by atoms with van der Waals surface area (Å²) in [5.74, 6) is 0. The molecule has 1 heterocycles. The van der Waals surface area contributed by atoms with Crippen LogP contribution in [0.4, 0.5) is 0 Å². The third kappa shape index (κ3) is 3.91. The predicted molar refractivity (Wildman–Crippen MR) is 76.4 cm³/mol. The Hall–Kier alpha value is -0.346. The van der Waals surface area contributed by atoms with Crippen LogP contribution in [0.1, 0.15) is 44.9 Å². The van der Waals surface area contributed by atoms with Crippen molar-refractivity contribution in [1.82, 2.24) is 0 Å². The van der Waals surface area contributed by atoms with Crippen LogP contribution in [-0.4, -0.2) is 16.5 Å². The molecule has 0 N–H and O–H groups in total. The first kappa shape index (κ1) is 12.1. The van der Waals surface area contributed by atoms with Crippen molar-refractivity contribution in [3.63, 3.8) is 0 Å². The van der Waals surface area contributed by atoms with Gasteiger partial charge in [-0.2, -0.15) is 0 Å². The van der Waals surface area contributed by atoms with Gasteiger partial charge in [0.25, 0.3) is 0 Å². The minimum absolute atomic E-state index is 0.140. The van der Waals surface area contributed by atoms with Crippen LogP contribution in [0.5, 0.6) is 0 Å². The van der Waals surface area contributed by atoms with E-state index in [1.807, 2.05) is 5.20 Å². The number of hydrogen-bond donors (Lipinski definition) is 0. The van der Waals surface area contributed by atoms with Crippen LogP contribution in [0, 0.1) is 0 Å². The smallest absolute Gasteiger partial charge is 0.0200 e. The van der Waals surface area contributed by atoms with E-state index in [-0.39, 0.29) is 7.89 Å². The molecule has 0 spiro atoms. The molecule has 2 aliphatic rings. The minimum atomic E-state index is -0.140. The Kier molecular flexibility index (Phi) is 5.36. The second-order valence-corrected chi connectivity index (χ2v) is 10.7. The Bertz CT molecular complexity index is 301. The molecule has 2 rings (SSSR count). The van der Waals surface area contributed by atoms with Crippen LogP contribution in [0.15, 0.2) is 35.2 Å². The standard InChI is InChI=1S/C14H22Si2/c1-2-6-10-14(11-7-3-1)16-13-9-5-4-8-12-15-16/h2,6,8,10,12,15H,1,3-5,7,9,11,13H2/b6-2?,12-8-,14-10?,16-15+. The van der Waals surface area contributed by atoms with E-state index in [0.717, 1.165) is 0 Å². The Morgan fingerprint density at radius 3 is 2.88 bits per heavy atom. The van der Waals surface area contributed by atoms with Crippen molar-refractivity contribution >= 4 is 16.5 Å². The summed E-state index contributed by atoms with van der Waals surface area (Å²) >= 11 is 0. The Morgan fingerprint density at radius 1 is 1.00 bits per heavy atom. The van der Waals surface area contributed by atoms with E-state index >= 15 is 0 Å². The lowest BCUT2D eigenvalue weighted by Crippen LogP contribution is -2.11. The third-order valence-corrected chi connectivity index (χ3v) is 10.2. The maximum atomic E-state index is 2.54. The van der Waals surface area contributed by atoms with Crippen molar-refractivity contribution in [1.29, 1.82) is 0 Å². The highest BCUT2D eigenvalue weighted by Crippen LogP contribution is 2.17. The fourth-order valence-electron chi connectivity index (χ4n) is 2.42. The van der Waals surface area contributed by atoms with E-state index in [0.29, 0.717) is 8.61 Å². The molecule has 0 fully saturated rings. The second kappa shape index (κ2) is 7.07. The molecule has 0 aromatic carbocycles. The van der Waals surface area contributed by atoms with E-state index < -0.39 is 0 Å². The van der Waals surface area contributed by atoms with Gasteiger partial charge in [-0.05, 0) is 44.6 Å². The molecule has 0 saturated carbocycles. The molecule has 0 saturated heterocycles. The first-order valence-electron chi connectivity index (χ1n) is 6.68. The lowest BCUT2D eigenvalue weighted by Gasteiger charge is -2.13. The third-order valence-electron chi connectivity index (χ3n) is 3.41. The Labute approximate surface area is 103 Å². The topological polar surface area (TPSA) is 0 Å². The van der Waals surface area contributed by atoms with Crippen molar-refractivity contribution in [2.75, 3.05) is 0 Å². The van der Waals surface area contributed by atoms with Gasteiger partial charge < -0.3 is 0 Å². The summed E-state index contributed by atoms with van der Waals surface area (Å²) in [4.78, 5) is 0. The Balaban J connectivity index is 2.13. The molecule has 2 heteroatoms. The summed E-state index contributed by atoms with van der Waals surface area (Å²) in [6.45, 7) is 0. The zero-order valence-electron chi connectivity index (χ0n) is 10.1. The van der Waals surface area contributed by atoms with E-state index in [4.69, 9.17) is 0 Å². The van der Waals surface area contributed by atoms with Crippen molar-refractivity contribution in [3.05, 3.63) is 35.2 Å². The summed E-state index contributed by atoms with van der Waals surface area (Å²) < 4.78 is 0. The van der Waals surface area contributed by atoms with E-state index in [1.165, 1.54) is 44.9 Å². The highest BCUT2D eigenvalue weighted by atomic mass is 28.9. The summed E-state index contributed by atoms with van der Waals surface area (Å²) in [5, 5.41) is 1.85. The van der Waals surface area contributed by atoms with E-state index in [1.54, 1.807) is 6.04 Å². The molecule has 0 unspecified atom stereocenters. The fourth-order valence-corrected chi connectivity index (χ4v) is 8.70. The summed E-state index contributed by atoms with van der Waals surface area (Å²) in [5.41, 5.74) is 2.54.